The van der Waals surface area contributed by atoms with Crippen molar-refractivity contribution in [2.75, 3.05) is 30.9 Å². The van der Waals surface area contributed by atoms with E-state index in [1.807, 2.05) is 6.26 Å². The van der Waals surface area contributed by atoms with E-state index in [-0.39, 0.29) is 11.4 Å². The molecule has 2 aromatic rings. The summed E-state index contributed by atoms with van der Waals surface area (Å²) in [5, 5.41) is 10.7. The summed E-state index contributed by atoms with van der Waals surface area (Å²) in [5.41, 5.74) is 0. The molecule has 0 aliphatic carbocycles. The summed E-state index contributed by atoms with van der Waals surface area (Å²) in [5.74, 6) is 0.215. The number of nitrogens with one attached hydrogen (secondary N) is 1. The maximum Gasteiger partial charge on any atom is 0.243 e. The van der Waals surface area contributed by atoms with E-state index in [9.17, 15) is 13.2 Å². The number of nitrogens with zero attached hydrogens (tertiary/aromatic N) is 3. The number of hydrogen-bond donors (Lipinski definition) is 1. The molecule has 1 aromatic carbocycles. The fourth-order valence-corrected chi connectivity index (χ4v) is 4.89. The zero-order valence-electron chi connectivity index (χ0n) is 14.2. The first-order chi connectivity index (χ1) is 12.4. The number of hydrogen-bond acceptors (Lipinski definition) is 8. The van der Waals surface area contributed by atoms with Crippen LogP contribution in [-0.2, 0) is 14.8 Å². The molecule has 26 heavy (non-hydrogen) atoms. The van der Waals surface area contributed by atoms with E-state index in [2.05, 4.69) is 22.1 Å². The van der Waals surface area contributed by atoms with Crippen molar-refractivity contribution in [1.82, 2.24) is 14.5 Å². The largest absolute Gasteiger partial charge is 0.299 e. The van der Waals surface area contributed by atoms with Crippen LogP contribution in [-0.4, -0.2) is 54.4 Å². The van der Waals surface area contributed by atoms with Gasteiger partial charge < -0.3 is 0 Å². The van der Waals surface area contributed by atoms with Gasteiger partial charge in [-0.2, -0.15) is 4.31 Å². The highest BCUT2D eigenvalue weighted by molar-refractivity contribution is 8.01. The lowest BCUT2D eigenvalue weighted by Gasteiger charge is -2.16. The van der Waals surface area contributed by atoms with Gasteiger partial charge >= 0.3 is 0 Å². The van der Waals surface area contributed by atoms with Gasteiger partial charge in [-0.15, -0.1) is 28.5 Å². The number of likely N-dealkylation sites (N-methyl/N-ethyl adjacent to an activating group) is 1. The predicted molar refractivity (Wildman–Crippen MR) is 107 cm³/mol. The highest BCUT2D eigenvalue weighted by Crippen LogP contribution is 2.25. The van der Waals surface area contributed by atoms with Crippen molar-refractivity contribution >= 4 is 55.9 Å². The summed E-state index contributed by atoms with van der Waals surface area (Å²) < 4.78 is 26.8. The number of benzene rings is 1. The molecule has 0 saturated heterocycles. The van der Waals surface area contributed by atoms with Gasteiger partial charge in [0, 0.05) is 17.7 Å². The number of amides is 1. The Morgan fingerprint density at radius 3 is 2.65 bits per heavy atom. The molecule has 0 saturated carbocycles. The second-order valence-corrected chi connectivity index (χ2v) is 10.1. The van der Waals surface area contributed by atoms with E-state index < -0.39 is 15.9 Å². The molecule has 7 nitrogen and oxygen atoms in total. The third-order valence-electron chi connectivity index (χ3n) is 3.11. The standard InChI is InChI=1S/C15H18N4O3S4/c1-4-9-24-15-18-17-14(25-15)16-13(20)10-19(2)26(21,22)12-7-5-11(23-3)6-8-12/h4-8H,1,9-10H2,2-3H3,(H,16,17,20). The van der Waals surface area contributed by atoms with E-state index in [0.29, 0.717) is 15.2 Å². The van der Waals surface area contributed by atoms with Gasteiger partial charge in [0.25, 0.3) is 0 Å². The highest BCUT2D eigenvalue weighted by atomic mass is 32.2. The molecule has 0 aliphatic rings. The fourth-order valence-electron chi connectivity index (χ4n) is 1.82. The first kappa shape index (κ1) is 20.9. The molecule has 0 unspecified atom stereocenters. The summed E-state index contributed by atoms with van der Waals surface area (Å²) in [7, 11) is -2.38. The highest BCUT2D eigenvalue weighted by Gasteiger charge is 2.23. The van der Waals surface area contributed by atoms with Crippen molar-refractivity contribution in [2.45, 2.75) is 14.1 Å². The zero-order chi connectivity index (χ0) is 19.2. The van der Waals surface area contributed by atoms with Gasteiger partial charge in [0.05, 0.1) is 11.4 Å². The molecule has 11 heteroatoms. The van der Waals surface area contributed by atoms with Crippen LogP contribution in [0.5, 0.6) is 0 Å². The molecule has 0 atom stereocenters. The number of thioether (sulfide) groups is 2. The number of anilines is 1. The molecule has 0 fully saturated rings. The summed E-state index contributed by atoms with van der Waals surface area (Å²) in [4.78, 5) is 13.2. The Morgan fingerprint density at radius 2 is 2.04 bits per heavy atom. The van der Waals surface area contributed by atoms with Gasteiger partial charge in [-0.25, -0.2) is 8.42 Å². The van der Waals surface area contributed by atoms with Crippen molar-refractivity contribution in [3.05, 3.63) is 36.9 Å². The number of carbonyl (C=O) groups excluding carboxylic acids is 1. The van der Waals surface area contributed by atoms with Crippen molar-refractivity contribution in [1.29, 1.82) is 0 Å². The average molecular weight is 431 g/mol. The molecule has 1 amide bonds. The summed E-state index contributed by atoms with van der Waals surface area (Å²) >= 11 is 4.20. The Kier molecular flexibility index (Phi) is 7.65. The quantitative estimate of drug-likeness (QED) is 0.371. The molecule has 0 spiro atoms. The van der Waals surface area contributed by atoms with Crippen molar-refractivity contribution in [2.24, 2.45) is 0 Å². The molecule has 2 rings (SSSR count). The molecule has 0 radical (unpaired) electrons. The van der Waals surface area contributed by atoms with Crippen LogP contribution in [0, 0.1) is 0 Å². The second-order valence-electron chi connectivity index (χ2n) is 4.96. The van der Waals surface area contributed by atoms with Crippen LogP contribution in [0.3, 0.4) is 0 Å². The Morgan fingerprint density at radius 1 is 1.35 bits per heavy atom. The molecular formula is C15H18N4O3S4. The van der Waals surface area contributed by atoms with Crippen LogP contribution in [0.2, 0.25) is 0 Å². The topological polar surface area (TPSA) is 92.3 Å². The number of aromatic nitrogens is 2. The van der Waals surface area contributed by atoms with Crippen LogP contribution in [0.4, 0.5) is 5.13 Å². The van der Waals surface area contributed by atoms with E-state index in [0.717, 1.165) is 9.20 Å². The van der Waals surface area contributed by atoms with Gasteiger partial charge in [-0.1, -0.05) is 29.2 Å². The van der Waals surface area contributed by atoms with Crippen LogP contribution >= 0.6 is 34.9 Å². The lowest BCUT2D eigenvalue weighted by molar-refractivity contribution is -0.116. The van der Waals surface area contributed by atoms with Gasteiger partial charge in [0.1, 0.15) is 0 Å². The minimum Gasteiger partial charge on any atom is -0.299 e. The zero-order valence-corrected chi connectivity index (χ0v) is 17.5. The SMILES string of the molecule is C=CCSc1nnc(NC(=O)CN(C)S(=O)(=O)c2ccc(SC)cc2)s1. The van der Waals surface area contributed by atoms with Crippen LogP contribution in [0.25, 0.3) is 0 Å². The molecule has 1 N–H and O–H groups in total. The van der Waals surface area contributed by atoms with Gasteiger partial charge in [-0.05, 0) is 30.5 Å². The molecule has 1 heterocycles. The number of rotatable bonds is 9. The summed E-state index contributed by atoms with van der Waals surface area (Å²) in [6.45, 7) is 3.31. The van der Waals surface area contributed by atoms with Crippen molar-refractivity contribution in [3.63, 3.8) is 0 Å². The van der Waals surface area contributed by atoms with E-state index in [1.54, 1.807) is 18.2 Å². The molecule has 1 aromatic heterocycles. The Hall–Kier alpha value is -1.40. The molecule has 0 aliphatic heterocycles. The smallest absolute Gasteiger partial charge is 0.243 e. The summed E-state index contributed by atoms with van der Waals surface area (Å²) in [6.07, 6.45) is 3.66. The lowest BCUT2D eigenvalue weighted by Crippen LogP contribution is -2.34. The summed E-state index contributed by atoms with van der Waals surface area (Å²) in [6, 6.07) is 6.52. The minimum atomic E-state index is -3.74. The number of carbonyl (C=O) groups is 1. The van der Waals surface area contributed by atoms with E-state index >= 15 is 0 Å². The van der Waals surface area contributed by atoms with Crippen LogP contribution < -0.4 is 5.32 Å². The third-order valence-corrected chi connectivity index (χ3v) is 7.64. The molecular weight excluding hydrogens is 412 g/mol. The van der Waals surface area contributed by atoms with Gasteiger partial charge in [0.2, 0.25) is 21.1 Å². The van der Waals surface area contributed by atoms with Gasteiger partial charge in [0.15, 0.2) is 4.34 Å². The lowest BCUT2D eigenvalue weighted by atomic mass is 10.4. The normalized spacial score (nSPS) is 11.5. The van der Waals surface area contributed by atoms with Crippen molar-refractivity contribution in [3.8, 4) is 0 Å². The Labute approximate surface area is 165 Å². The van der Waals surface area contributed by atoms with E-state index in [1.165, 1.54) is 54.0 Å². The second kappa shape index (κ2) is 9.51. The van der Waals surface area contributed by atoms with Crippen LogP contribution in [0.15, 0.2) is 51.1 Å². The maximum absolute atomic E-state index is 12.5. The maximum atomic E-state index is 12.5. The first-order valence-corrected chi connectivity index (χ1v) is 11.8. The number of sulfonamides is 1. The Balaban J connectivity index is 1.98. The molecule has 0 bridgehead atoms. The Bertz CT molecular complexity index is 865. The van der Waals surface area contributed by atoms with Crippen molar-refractivity contribution < 1.29 is 13.2 Å². The fraction of sp³-hybridized carbons (Fsp3) is 0.267. The predicted octanol–water partition coefficient (Wildman–Crippen LogP) is 2.80. The molecule has 140 valence electrons. The van der Waals surface area contributed by atoms with Gasteiger partial charge in [-0.3, -0.25) is 10.1 Å². The average Bonchev–Trinajstić information content (AvgIpc) is 3.06. The van der Waals surface area contributed by atoms with E-state index in [4.69, 9.17) is 0 Å². The van der Waals surface area contributed by atoms with Crippen LogP contribution in [0.1, 0.15) is 0 Å². The monoisotopic (exact) mass is 430 g/mol. The minimum absolute atomic E-state index is 0.143. The third kappa shape index (κ3) is 5.55. The first-order valence-electron chi connectivity index (χ1n) is 7.34.